The Balaban J connectivity index is 2.38. The number of fused-ring (bicyclic) bond motifs is 1. The van der Waals surface area contributed by atoms with Crippen molar-refractivity contribution in [3.63, 3.8) is 0 Å². The van der Waals surface area contributed by atoms with E-state index in [4.69, 9.17) is 5.14 Å². The lowest BCUT2D eigenvalue weighted by Crippen LogP contribution is -2.16. The molecule has 0 aromatic carbocycles. The highest BCUT2D eigenvalue weighted by Crippen LogP contribution is 2.39. The Bertz CT molecular complexity index is 612. The lowest BCUT2D eigenvalue weighted by atomic mass is 10.3. The molecule has 0 aliphatic carbocycles. The lowest BCUT2D eigenvalue weighted by molar-refractivity contribution is 0.600. The summed E-state index contributed by atoms with van der Waals surface area (Å²) in [5.74, 6) is 0. The van der Waals surface area contributed by atoms with Gasteiger partial charge in [0.2, 0.25) is 10.0 Å². The van der Waals surface area contributed by atoms with Gasteiger partial charge in [0.15, 0.2) is 0 Å². The highest BCUT2D eigenvalue weighted by molar-refractivity contribution is 7.98. The molecule has 0 saturated heterocycles. The van der Waals surface area contributed by atoms with Crippen LogP contribution in [0.2, 0.25) is 0 Å². The largest absolute Gasteiger partial charge is 0.301 e. The van der Waals surface area contributed by atoms with Crippen molar-refractivity contribution in [1.29, 1.82) is 0 Å². The Labute approximate surface area is 119 Å². The number of thioether (sulfide) groups is 1. The molecule has 0 spiro atoms. The molecule has 2 rings (SSSR count). The number of hydrogen-bond donors (Lipinski definition) is 2. The zero-order chi connectivity index (χ0) is 13.3. The van der Waals surface area contributed by atoms with Crippen LogP contribution in [0.15, 0.2) is 16.3 Å². The summed E-state index contributed by atoms with van der Waals surface area (Å²) in [6.07, 6.45) is 2.05. The van der Waals surface area contributed by atoms with Crippen LogP contribution in [0.3, 0.4) is 0 Å². The van der Waals surface area contributed by atoms with Gasteiger partial charge >= 0.3 is 0 Å². The molecule has 2 heterocycles. The van der Waals surface area contributed by atoms with Crippen molar-refractivity contribution in [2.75, 3.05) is 12.8 Å². The minimum Gasteiger partial charge on any atom is -0.301 e. The van der Waals surface area contributed by atoms with Crippen LogP contribution in [-0.4, -0.2) is 21.2 Å². The Morgan fingerprint density at radius 3 is 2.67 bits per heavy atom. The van der Waals surface area contributed by atoms with E-state index >= 15 is 0 Å². The van der Waals surface area contributed by atoms with E-state index in [0.717, 1.165) is 15.9 Å². The highest BCUT2D eigenvalue weighted by atomic mass is 32.2. The Kier molecular flexibility index (Phi) is 4.35. The molecule has 4 nitrogen and oxygen atoms in total. The number of sulfonamides is 1. The standard InChI is InChI=1S/C10H14N2O2S4/c1-3-12-9(15-2)7-4-6-5-8(18(11,13)14)17-10(6)16-7/h4-5,9,12H,3H2,1-2H3,(H2,11,13,14). The fourth-order valence-electron chi connectivity index (χ4n) is 1.59. The van der Waals surface area contributed by atoms with Crippen LogP contribution in [-0.2, 0) is 10.0 Å². The molecule has 0 aliphatic rings. The smallest absolute Gasteiger partial charge is 0.247 e. The number of nitrogens with one attached hydrogen (secondary N) is 1. The maximum atomic E-state index is 11.3. The van der Waals surface area contributed by atoms with Crippen molar-refractivity contribution >= 4 is 53.9 Å². The quantitative estimate of drug-likeness (QED) is 0.830. The third-order valence-corrected chi connectivity index (χ3v) is 7.29. The van der Waals surface area contributed by atoms with Crippen LogP contribution in [0.5, 0.6) is 0 Å². The van der Waals surface area contributed by atoms with Crippen molar-refractivity contribution in [3.8, 4) is 0 Å². The minimum absolute atomic E-state index is 0.236. The second-order valence-electron chi connectivity index (χ2n) is 3.68. The number of primary sulfonamides is 1. The van der Waals surface area contributed by atoms with Gasteiger partial charge in [-0.15, -0.1) is 34.4 Å². The van der Waals surface area contributed by atoms with E-state index in [2.05, 4.69) is 18.5 Å². The van der Waals surface area contributed by atoms with E-state index < -0.39 is 10.0 Å². The fourth-order valence-corrected chi connectivity index (χ4v) is 5.98. The summed E-state index contributed by atoms with van der Waals surface area (Å²) < 4.78 is 23.7. The van der Waals surface area contributed by atoms with Gasteiger partial charge in [-0.3, -0.25) is 0 Å². The van der Waals surface area contributed by atoms with Crippen molar-refractivity contribution < 1.29 is 8.42 Å². The van der Waals surface area contributed by atoms with Gasteiger partial charge in [0.1, 0.15) is 4.21 Å². The second-order valence-corrected chi connectivity index (χ2v) is 8.80. The molecule has 0 amide bonds. The molecule has 100 valence electrons. The first-order valence-electron chi connectivity index (χ1n) is 5.28. The summed E-state index contributed by atoms with van der Waals surface area (Å²) in [5, 5.41) is 9.72. The molecule has 3 N–H and O–H groups in total. The Morgan fingerprint density at radius 1 is 1.44 bits per heavy atom. The lowest BCUT2D eigenvalue weighted by Gasteiger charge is -2.12. The van der Waals surface area contributed by atoms with Gasteiger partial charge in [-0.05, 0) is 24.9 Å². The predicted octanol–water partition coefficient (Wildman–Crippen LogP) is 2.58. The van der Waals surface area contributed by atoms with Gasteiger partial charge in [0.05, 0.1) is 9.39 Å². The van der Waals surface area contributed by atoms with E-state index in [1.807, 2.05) is 6.07 Å². The summed E-state index contributed by atoms with van der Waals surface area (Å²) in [4.78, 5) is 1.21. The van der Waals surface area contributed by atoms with Crippen LogP contribution in [0.1, 0.15) is 17.2 Å². The van der Waals surface area contributed by atoms with E-state index in [1.165, 1.54) is 16.2 Å². The first-order valence-corrected chi connectivity index (χ1v) is 9.74. The van der Waals surface area contributed by atoms with Gasteiger partial charge in [0.25, 0.3) is 0 Å². The third-order valence-electron chi connectivity index (χ3n) is 2.37. The molecule has 0 radical (unpaired) electrons. The van der Waals surface area contributed by atoms with Gasteiger partial charge < -0.3 is 5.32 Å². The average Bonchev–Trinajstić information content (AvgIpc) is 2.82. The van der Waals surface area contributed by atoms with Crippen molar-refractivity contribution in [1.82, 2.24) is 5.32 Å². The van der Waals surface area contributed by atoms with Gasteiger partial charge in [0, 0.05) is 10.3 Å². The molecule has 2 aromatic heterocycles. The van der Waals surface area contributed by atoms with E-state index in [9.17, 15) is 8.42 Å². The summed E-state index contributed by atoms with van der Waals surface area (Å²) >= 11 is 4.60. The van der Waals surface area contributed by atoms with Crippen LogP contribution in [0.4, 0.5) is 0 Å². The number of hydrogen-bond acceptors (Lipinski definition) is 6. The monoisotopic (exact) mass is 322 g/mol. The summed E-state index contributed by atoms with van der Waals surface area (Å²) in [6.45, 7) is 2.97. The van der Waals surface area contributed by atoms with E-state index in [1.54, 1.807) is 29.2 Å². The van der Waals surface area contributed by atoms with Crippen LogP contribution in [0, 0.1) is 0 Å². The Morgan fingerprint density at radius 2 is 2.17 bits per heavy atom. The number of thiophene rings is 2. The highest BCUT2D eigenvalue weighted by Gasteiger charge is 2.17. The molecule has 0 saturated carbocycles. The van der Waals surface area contributed by atoms with Gasteiger partial charge in [-0.1, -0.05) is 6.92 Å². The number of nitrogens with two attached hydrogens (primary N) is 1. The van der Waals surface area contributed by atoms with E-state index in [-0.39, 0.29) is 9.58 Å². The molecule has 2 aromatic rings. The zero-order valence-corrected chi connectivity index (χ0v) is 13.2. The second kappa shape index (κ2) is 5.48. The SMILES string of the molecule is CCNC(SC)c1cc2cc(S(N)(=O)=O)sc2s1. The summed E-state index contributed by atoms with van der Waals surface area (Å²) in [7, 11) is -3.58. The normalized spacial score (nSPS) is 14.2. The first-order chi connectivity index (χ1) is 8.45. The molecular weight excluding hydrogens is 308 g/mol. The van der Waals surface area contributed by atoms with Crippen molar-refractivity contribution in [3.05, 3.63) is 17.0 Å². The minimum atomic E-state index is -3.58. The molecule has 8 heteroatoms. The van der Waals surface area contributed by atoms with Crippen LogP contribution in [0.25, 0.3) is 9.40 Å². The maximum absolute atomic E-state index is 11.3. The number of rotatable bonds is 5. The molecule has 0 bridgehead atoms. The predicted molar refractivity (Wildman–Crippen MR) is 81.0 cm³/mol. The zero-order valence-electron chi connectivity index (χ0n) is 9.97. The molecular formula is C10H14N2O2S4. The average molecular weight is 323 g/mol. The Hall–Kier alpha value is -0.120. The molecule has 0 aliphatic heterocycles. The molecule has 1 atom stereocenters. The van der Waals surface area contributed by atoms with Crippen molar-refractivity contribution in [2.45, 2.75) is 16.5 Å². The van der Waals surface area contributed by atoms with Crippen LogP contribution < -0.4 is 10.5 Å². The summed E-state index contributed by atoms with van der Waals surface area (Å²) in [6, 6.07) is 3.69. The fraction of sp³-hybridized carbons (Fsp3) is 0.400. The van der Waals surface area contributed by atoms with Crippen molar-refractivity contribution in [2.24, 2.45) is 5.14 Å². The first kappa shape index (κ1) is 14.3. The van der Waals surface area contributed by atoms with Gasteiger partial charge in [-0.2, -0.15) is 0 Å². The molecule has 1 unspecified atom stereocenters. The van der Waals surface area contributed by atoms with E-state index in [0.29, 0.717) is 0 Å². The molecule has 0 fully saturated rings. The topological polar surface area (TPSA) is 72.2 Å². The van der Waals surface area contributed by atoms with Crippen LogP contribution >= 0.6 is 34.4 Å². The molecule has 18 heavy (non-hydrogen) atoms. The summed E-state index contributed by atoms with van der Waals surface area (Å²) in [5.41, 5.74) is 0. The van der Waals surface area contributed by atoms with Gasteiger partial charge in [-0.25, -0.2) is 13.6 Å². The third kappa shape index (κ3) is 2.89. The maximum Gasteiger partial charge on any atom is 0.247 e.